The molecule has 0 bridgehead atoms. The number of nitrogens with zero attached hydrogens (tertiary/aromatic N) is 1. The van der Waals surface area contributed by atoms with E-state index in [1.807, 2.05) is 26.2 Å². The summed E-state index contributed by atoms with van der Waals surface area (Å²) in [5.74, 6) is 1.18. The lowest BCUT2D eigenvalue weighted by Crippen LogP contribution is -2.19. The predicted molar refractivity (Wildman–Crippen MR) is 68.3 cm³/mol. The molecule has 2 rings (SSSR count). The van der Waals surface area contributed by atoms with Gasteiger partial charge in [0.2, 0.25) is 0 Å². The minimum absolute atomic E-state index is 0.321. The van der Waals surface area contributed by atoms with Crippen molar-refractivity contribution >= 4 is 0 Å². The second kappa shape index (κ2) is 5.07. The highest BCUT2D eigenvalue weighted by molar-refractivity contribution is 5.40. The van der Waals surface area contributed by atoms with E-state index in [1.54, 1.807) is 0 Å². The minimum atomic E-state index is -0.331. The van der Waals surface area contributed by atoms with Crippen molar-refractivity contribution in [3.63, 3.8) is 0 Å². The van der Waals surface area contributed by atoms with Crippen LogP contribution < -0.4 is 4.74 Å². The van der Waals surface area contributed by atoms with Gasteiger partial charge in [0.25, 0.3) is 0 Å². The Bertz CT molecular complexity index is 390. The molecule has 1 aliphatic rings. The van der Waals surface area contributed by atoms with E-state index >= 15 is 0 Å². The summed E-state index contributed by atoms with van der Waals surface area (Å²) >= 11 is 0. The van der Waals surface area contributed by atoms with Crippen molar-refractivity contribution in [2.75, 3.05) is 27.2 Å². The van der Waals surface area contributed by atoms with Crippen LogP contribution in [0.4, 0.5) is 0 Å². The summed E-state index contributed by atoms with van der Waals surface area (Å²) in [5, 5.41) is 10.0. The molecule has 2 atom stereocenters. The standard InChI is InChI=1S/C14H21NO2/c1-10-8-11-4-5-12(9-13(11)14(10)16)17-7-6-15(2)3/h4-5,9-10,14,16H,6-8H2,1-3H3/t10-,14+/m1/s1. The fraction of sp³-hybridized carbons (Fsp3) is 0.571. The summed E-state index contributed by atoms with van der Waals surface area (Å²) in [4.78, 5) is 2.09. The normalized spacial score (nSPS) is 22.9. The molecule has 0 fully saturated rings. The predicted octanol–water partition coefficient (Wildman–Crippen LogP) is 1.85. The van der Waals surface area contributed by atoms with Gasteiger partial charge in [-0.25, -0.2) is 0 Å². The highest BCUT2D eigenvalue weighted by atomic mass is 16.5. The molecule has 0 saturated carbocycles. The van der Waals surface area contributed by atoms with Crippen molar-refractivity contribution in [3.05, 3.63) is 29.3 Å². The Morgan fingerprint density at radius 3 is 2.88 bits per heavy atom. The van der Waals surface area contributed by atoms with Crippen LogP contribution in [0.5, 0.6) is 5.75 Å². The first kappa shape index (κ1) is 12.4. The van der Waals surface area contributed by atoms with Crippen molar-refractivity contribution in [3.8, 4) is 5.75 Å². The van der Waals surface area contributed by atoms with Crippen LogP contribution in [0.15, 0.2) is 18.2 Å². The molecule has 0 amide bonds. The molecule has 3 heteroatoms. The highest BCUT2D eigenvalue weighted by Gasteiger charge is 2.27. The van der Waals surface area contributed by atoms with Crippen LogP contribution >= 0.6 is 0 Å². The first-order chi connectivity index (χ1) is 8.08. The van der Waals surface area contributed by atoms with E-state index < -0.39 is 0 Å². The molecule has 1 aromatic carbocycles. The van der Waals surface area contributed by atoms with Crippen LogP contribution in [0.3, 0.4) is 0 Å². The van der Waals surface area contributed by atoms with Crippen molar-refractivity contribution in [1.29, 1.82) is 0 Å². The second-order valence-electron chi connectivity index (χ2n) is 5.14. The van der Waals surface area contributed by atoms with Gasteiger partial charge in [0.05, 0.1) is 6.10 Å². The van der Waals surface area contributed by atoms with Crippen LogP contribution in [0.25, 0.3) is 0 Å². The Morgan fingerprint density at radius 1 is 1.41 bits per heavy atom. The van der Waals surface area contributed by atoms with Gasteiger partial charge >= 0.3 is 0 Å². The summed E-state index contributed by atoms with van der Waals surface area (Å²) < 4.78 is 5.67. The van der Waals surface area contributed by atoms with E-state index in [9.17, 15) is 5.11 Å². The van der Waals surface area contributed by atoms with Gasteiger partial charge in [-0.1, -0.05) is 13.0 Å². The first-order valence-corrected chi connectivity index (χ1v) is 6.16. The zero-order valence-corrected chi connectivity index (χ0v) is 10.8. The fourth-order valence-electron chi connectivity index (χ4n) is 2.24. The summed E-state index contributed by atoms with van der Waals surface area (Å²) in [6, 6.07) is 6.06. The van der Waals surface area contributed by atoms with Crippen LogP contribution in [-0.4, -0.2) is 37.3 Å². The zero-order valence-electron chi connectivity index (χ0n) is 10.8. The third-order valence-corrected chi connectivity index (χ3v) is 3.32. The van der Waals surface area contributed by atoms with E-state index in [0.717, 1.165) is 24.3 Å². The fourth-order valence-corrected chi connectivity index (χ4v) is 2.24. The third kappa shape index (κ3) is 2.79. The van der Waals surface area contributed by atoms with E-state index in [4.69, 9.17) is 4.74 Å². The molecule has 0 aliphatic heterocycles. The van der Waals surface area contributed by atoms with Crippen molar-refractivity contribution in [2.24, 2.45) is 5.92 Å². The van der Waals surface area contributed by atoms with E-state index in [2.05, 4.69) is 17.9 Å². The smallest absolute Gasteiger partial charge is 0.119 e. The molecule has 1 aliphatic carbocycles. The minimum Gasteiger partial charge on any atom is -0.492 e. The number of benzene rings is 1. The lowest BCUT2D eigenvalue weighted by molar-refractivity contribution is 0.132. The van der Waals surface area contributed by atoms with Gasteiger partial charge in [-0.15, -0.1) is 0 Å². The second-order valence-corrected chi connectivity index (χ2v) is 5.14. The number of hydrogen-bond acceptors (Lipinski definition) is 3. The van der Waals surface area contributed by atoms with Gasteiger partial charge < -0.3 is 14.7 Å². The maximum Gasteiger partial charge on any atom is 0.119 e. The van der Waals surface area contributed by atoms with E-state index in [1.165, 1.54) is 5.56 Å². The average Bonchev–Trinajstić information content (AvgIpc) is 2.55. The van der Waals surface area contributed by atoms with E-state index in [0.29, 0.717) is 12.5 Å². The van der Waals surface area contributed by atoms with Crippen LogP contribution in [0.2, 0.25) is 0 Å². The number of likely N-dealkylation sites (N-methyl/N-ethyl adjacent to an activating group) is 1. The molecule has 1 aromatic rings. The zero-order chi connectivity index (χ0) is 12.4. The molecule has 0 heterocycles. The highest BCUT2D eigenvalue weighted by Crippen LogP contribution is 2.37. The van der Waals surface area contributed by atoms with Crippen LogP contribution in [-0.2, 0) is 6.42 Å². The number of aliphatic hydroxyl groups excluding tert-OH is 1. The summed E-state index contributed by atoms with van der Waals surface area (Å²) in [5.41, 5.74) is 2.30. The Morgan fingerprint density at radius 2 is 2.18 bits per heavy atom. The Kier molecular flexibility index (Phi) is 3.69. The van der Waals surface area contributed by atoms with Gasteiger partial charge in [0, 0.05) is 6.54 Å². The van der Waals surface area contributed by atoms with Gasteiger partial charge in [-0.2, -0.15) is 0 Å². The monoisotopic (exact) mass is 235 g/mol. The number of aliphatic hydroxyl groups is 1. The molecule has 94 valence electrons. The Hall–Kier alpha value is -1.06. The van der Waals surface area contributed by atoms with Crippen LogP contribution in [0, 0.1) is 5.92 Å². The largest absolute Gasteiger partial charge is 0.492 e. The molecule has 0 aromatic heterocycles. The molecule has 17 heavy (non-hydrogen) atoms. The summed E-state index contributed by atoms with van der Waals surface area (Å²) in [7, 11) is 4.05. The molecule has 0 unspecified atom stereocenters. The van der Waals surface area contributed by atoms with Gasteiger partial charge in [0.15, 0.2) is 0 Å². The number of rotatable bonds is 4. The van der Waals surface area contributed by atoms with Crippen molar-refractivity contribution in [1.82, 2.24) is 4.90 Å². The molecule has 0 radical (unpaired) electrons. The SMILES string of the molecule is C[C@@H]1Cc2ccc(OCCN(C)C)cc2[C@H]1O. The quantitative estimate of drug-likeness (QED) is 0.864. The first-order valence-electron chi connectivity index (χ1n) is 6.16. The van der Waals surface area contributed by atoms with Crippen molar-refractivity contribution < 1.29 is 9.84 Å². The van der Waals surface area contributed by atoms with Crippen LogP contribution in [0.1, 0.15) is 24.2 Å². The molecule has 1 N–H and O–H groups in total. The maximum atomic E-state index is 10.0. The molecular formula is C14H21NO2. The van der Waals surface area contributed by atoms with Crippen molar-refractivity contribution in [2.45, 2.75) is 19.4 Å². The Balaban J connectivity index is 2.02. The van der Waals surface area contributed by atoms with Gasteiger partial charge in [0.1, 0.15) is 12.4 Å². The Labute approximate surface area is 103 Å². The number of hydrogen-bond donors (Lipinski definition) is 1. The molecule has 0 saturated heterocycles. The molecule has 0 spiro atoms. The lowest BCUT2D eigenvalue weighted by Gasteiger charge is -2.13. The molecular weight excluding hydrogens is 214 g/mol. The number of ether oxygens (including phenoxy) is 1. The summed E-state index contributed by atoms with van der Waals surface area (Å²) in [6.07, 6.45) is 0.636. The lowest BCUT2D eigenvalue weighted by atomic mass is 10.1. The number of fused-ring (bicyclic) bond motifs is 1. The van der Waals surface area contributed by atoms with Gasteiger partial charge in [-0.3, -0.25) is 0 Å². The topological polar surface area (TPSA) is 32.7 Å². The maximum absolute atomic E-state index is 10.0. The van der Waals surface area contributed by atoms with E-state index in [-0.39, 0.29) is 6.10 Å². The van der Waals surface area contributed by atoms with Gasteiger partial charge in [-0.05, 0) is 49.7 Å². The average molecular weight is 235 g/mol. The summed E-state index contributed by atoms with van der Waals surface area (Å²) in [6.45, 7) is 3.66. The molecule has 3 nitrogen and oxygen atoms in total. The third-order valence-electron chi connectivity index (χ3n) is 3.32.